The number of carbonyl (C=O) groups is 1. The Labute approximate surface area is 173 Å². The predicted octanol–water partition coefficient (Wildman–Crippen LogP) is 3.99. The number of nitrogens with zero attached hydrogens (tertiary/aromatic N) is 3. The minimum absolute atomic E-state index is 0.0192. The van der Waals surface area contributed by atoms with Crippen LogP contribution < -0.4 is 10.3 Å². The zero-order valence-electron chi connectivity index (χ0n) is 15.7. The average Bonchev–Trinajstić information content (AvgIpc) is 3.07. The summed E-state index contributed by atoms with van der Waals surface area (Å²) in [5.74, 6) is -1.21. The number of hydrogen-bond acceptors (Lipinski definition) is 6. The Morgan fingerprint density at radius 3 is 2.65 bits per heavy atom. The normalized spacial score (nSPS) is 15.3. The molecule has 0 fully saturated rings. The smallest absolute Gasteiger partial charge is 0.296 e. The van der Waals surface area contributed by atoms with E-state index in [-0.39, 0.29) is 33.8 Å². The highest BCUT2D eigenvalue weighted by Crippen LogP contribution is 2.41. The largest absolute Gasteiger partial charge is 0.450 e. The molecule has 1 aliphatic rings. The Bertz CT molecular complexity index is 1430. The summed E-state index contributed by atoms with van der Waals surface area (Å²) >= 11 is 0. The molecule has 0 spiro atoms. The van der Waals surface area contributed by atoms with Crippen molar-refractivity contribution in [2.24, 2.45) is 0 Å². The summed E-state index contributed by atoms with van der Waals surface area (Å²) in [7, 11) is 0. The van der Waals surface area contributed by atoms with Gasteiger partial charge in [-0.1, -0.05) is 18.2 Å². The van der Waals surface area contributed by atoms with Crippen LogP contribution in [0.3, 0.4) is 0 Å². The van der Waals surface area contributed by atoms with E-state index in [1.54, 1.807) is 24.3 Å². The molecule has 0 aliphatic carbocycles. The van der Waals surface area contributed by atoms with Crippen molar-refractivity contribution in [3.63, 3.8) is 0 Å². The molecule has 2 aromatic carbocycles. The second-order valence-electron chi connectivity index (χ2n) is 6.93. The predicted molar refractivity (Wildman–Crippen MR) is 108 cm³/mol. The second kappa shape index (κ2) is 6.84. The molecule has 1 amide bonds. The molecular formula is C22H12FN3O5. The molecule has 0 saturated carbocycles. The lowest BCUT2D eigenvalue weighted by molar-refractivity contribution is -0.384. The number of non-ortho nitro benzene ring substituents is 1. The number of amides is 1. The van der Waals surface area contributed by atoms with Crippen LogP contribution in [0.5, 0.6) is 0 Å². The van der Waals surface area contributed by atoms with E-state index in [0.29, 0.717) is 5.56 Å². The summed E-state index contributed by atoms with van der Waals surface area (Å²) in [4.78, 5) is 42.8. The summed E-state index contributed by atoms with van der Waals surface area (Å²) in [6.45, 7) is 0. The number of anilines is 1. The standard InChI is InChI=1S/C22H12FN3O5/c23-13-7-8-16-15(11-13)20(27)18-19(12-4-3-5-14(10-12)26(29)30)25(22(28)21(18)31-16)17-6-1-2-9-24-17/h1-11,19H. The quantitative estimate of drug-likeness (QED) is 0.369. The van der Waals surface area contributed by atoms with Gasteiger partial charge in [0, 0.05) is 18.3 Å². The summed E-state index contributed by atoms with van der Waals surface area (Å²) in [6.07, 6.45) is 1.48. The van der Waals surface area contributed by atoms with Crippen molar-refractivity contribution < 1.29 is 18.5 Å². The number of halogens is 1. The maximum absolute atomic E-state index is 13.8. The van der Waals surface area contributed by atoms with Gasteiger partial charge in [0.05, 0.1) is 21.9 Å². The molecule has 0 radical (unpaired) electrons. The molecule has 31 heavy (non-hydrogen) atoms. The van der Waals surface area contributed by atoms with Crippen LogP contribution in [0.25, 0.3) is 11.0 Å². The molecule has 1 aliphatic heterocycles. The molecule has 2 aromatic heterocycles. The number of pyridine rings is 1. The van der Waals surface area contributed by atoms with E-state index in [1.165, 1.54) is 35.4 Å². The molecule has 8 nitrogen and oxygen atoms in total. The minimum atomic E-state index is -1.03. The Balaban J connectivity index is 1.83. The summed E-state index contributed by atoms with van der Waals surface area (Å²) in [6, 6.07) is 13.0. The van der Waals surface area contributed by atoms with Crippen LogP contribution in [0.15, 0.2) is 76.1 Å². The number of benzene rings is 2. The van der Waals surface area contributed by atoms with E-state index in [1.807, 2.05) is 0 Å². The Morgan fingerprint density at radius 1 is 1.06 bits per heavy atom. The highest BCUT2D eigenvalue weighted by Gasteiger charge is 2.44. The van der Waals surface area contributed by atoms with Crippen LogP contribution in [0, 0.1) is 15.9 Å². The van der Waals surface area contributed by atoms with Crippen LogP contribution in [0.1, 0.15) is 27.7 Å². The van der Waals surface area contributed by atoms with Gasteiger partial charge >= 0.3 is 0 Å². The van der Waals surface area contributed by atoms with Crippen molar-refractivity contribution in [2.45, 2.75) is 6.04 Å². The molecule has 0 bridgehead atoms. The molecule has 5 rings (SSSR count). The first-order valence-electron chi connectivity index (χ1n) is 9.21. The van der Waals surface area contributed by atoms with Crippen molar-refractivity contribution in [3.05, 3.63) is 110 Å². The summed E-state index contributed by atoms with van der Waals surface area (Å²) in [5.41, 5.74) is -0.405. The van der Waals surface area contributed by atoms with Crippen molar-refractivity contribution in [3.8, 4) is 0 Å². The third-order valence-corrected chi connectivity index (χ3v) is 5.13. The fraction of sp³-hybridized carbons (Fsp3) is 0.0455. The third-order valence-electron chi connectivity index (χ3n) is 5.13. The van der Waals surface area contributed by atoms with Gasteiger partial charge in [-0.2, -0.15) is 0 Å². The fourth-order valence-corrected chi connectivity index (χ4v) is 3.80. The Hall–Kier alpha value is -4.40. The van der Waals surface area contributed by atoms with E-state index in [9.17, 15) is 24.1 Å². The van der Waals surface area contributed by atoms with E-state index < -0.39 is 28.1 Å². The lowest BCUT2D eigenvalue weighted by atomic mass is 9.98. The lowest BCUT2D eigenvalue weighted by Crippen LogP contribution is -2.30. The fourth-order valence-electron chi connectivity index (χ4n) is 3.80. The van der Waals surface area contributed by atoms with Crippen molar-refractivity contribution in [1.29, 1.82) is 0 Å². The molecule has 4 aromatic rings. The molecule has 1 unspecified atom stereocenters. The molecule has 1 atom stereocenters. The molecule has 0 N–H and O–H groups in total. The van der Waals surface area contributed by atoms with Crippen LogP contribution in [-0.2, 0) is 0 Å². The zero-order valence-corrected chi connectivity index (χ0v) is 15.7. The average molecular weight is 417 g/mol. The topological polar surface area (TPSA) is 107 Å². The van der Waals surface area contributed by atoms with Gasteiger partial charge < -0.3 is 4.42 Å². The minimum Gasteiger partial charge on any atom is -0.450 e. The van der Waals surface area contributed by atoms with Crippen LogP contribution >= 0.6 is 0 Å². The highest BCUT2D eigenvalue weighted by atomic mass is 19.1. The first-order chi connectivity index (χ1) is 15.0. The second-order valence-corrected chi connectivity index (χ2v) is 6.93. The Morgan fingerprint density at radius 2 is 1.90 bits per heavy atom. The van der Waals surface area contributed by atoms with Crippen molar-refractivity contribution in [2.75, 3.05) is 4.90 Å². The molecule has 152 valence electrons. The third kappa shape index (κ3) is 2.86. The molecule has 9 heteroatoms. The number of hydrogen-bond donors (Lipinski definition) is 0. The van der Waals surface area contributed by atoms with Gasteiger partial charge in [-0.15, -0.1) is 0 Å². The maximum atomic E-state index is 13.8. The highest BCUT2D eigenvalue weighted by molar-refractivity contribution is 6.10. The van der Waals surface area contributed by atoms with E-state index >= 15 is 0 Å². The van der Waals surface area contributed by atoms with Crippen LogP contribution in [0.4, 0.5) is 15.9 Å². The van der Waals surface area contributed by atoms with Gasteiger partial charge in [-0.3, -0.25) is 24.6 Å². The first kappa shape index (κ1) is 18.6. The maximum Gasteiger partial charge on any atom is 0.296 e. The van der Waals surface area contributed by atoms with E-state index in [0.717, 1.165) is 12.1 Å². The number of rotatable bonds is 3. The summed E-state index contributed by atoms with van der Waals surface area (Å²) in [5, 5.41) is 11.3. The van der Waals surface area contributed by atoms with Crippen LogP contribution in [-0.4, -0.2) is 15.8 Å². The molecule has 0 saturated heterocycles. The van der Waals surface area contributed by atoms with Crippen LogP contribution in [0.2, 0.25) is 0 Å². The van der Waals surface area contributed by atoms with Gasteiger partial charge in [-0.25, -0.2) is 9.37 Å². The molecule has 3 heterocycles. The zero-order chi connectivity index (χ0) is 21.7. The molecular weight excluding hydrogens is 405 g/mol. The number of nitro benzene ring substituents is 1. The first-order valence-corrected chi connectivity index (χ1v) is 9.21. The van der Waals surface area contributed by atoms with Crippen molar-refractivity contribution >= 4 is 28.4 Å². The van der Waals surface area contributed by atoms with Gasteiger partial charge in [0.25, 0.3) is 11.6 Å². The van der Waals surface area contributed by atoms with E-state index in [4.69, 9.17) is 4.42 Å². The lowest BCUT2D eigenvalue weighted by Gasteiger charge is -2.23. The van der Waals surface area contributed by atoms with Gasteiger partial charge in [0.2, 0.25) is 5.76 Å². The van der Waals surface area contributed by atoms with E-state index in [2.05, 4.69) is 4.98 Å². The van der Waals surface area contributed by atoms with Gasteiger partial charge in [-0.05, 0) is 35.9 Å². The number of fused-ring (bicyclic) bond motifs is 2. The Kier molecular flexibility index (Phi) is 4.11. The van der Waals surface area contributed by atoms with Gasteiger partial charge in [0.1, 0.15) is 17.2 Å². The van der Waals surface area contributed by atoms with Gasteiger partial charge in [0.15, 0.2) is 5.43 Å². The van der Waals surface area contributed by atoms with Crippen molar-refractivity contribution in [1.82, 2.24) is 4.98 Å². The number of aromatic nitrogens is 1. The number of carbonyl (C=O) groups excluding carboxylic acids is 1. The monoisotopic (exact) mass is 417 g/mol. The number of nitro groups is 1. The SMILES string of the molecule is O=C1c2oc3ccc(F)cc3c(=O)c2C(c2cccc([N+](=O)[O-])c2)N1c1ccccn1. The summed E-state index contributed by atoms with van der Waals surface area (Å²) < 4.78 is 19.5.